The molecule has 0 bridgehead atoms. The van der Waals surface area contributed by atoms with Crippen molar-refractivity contribution in [3.05, 3.63) is 29.3 Å². The second-order valence-corrected chi connectivity index (χ2v) is 7.73. The van der Waals surface area contributed by atoms with Crippen molar-refractivity contribution in [2.75, 3.05) is 19.7 Å². The molecule has 1 aromatic rings. The van der Waals surface area contributed by atoms with E-state index >= 15 is 0 Å². The molecule has 1 fully saturated rings. The number of alkyl halides is 3. The van der Waals surface area contributed by atoms with Crippen LogP contribution in [-0.2, 0) is 19.2 Å². The van der Waals surface area contributed by atoms with Crippen molar-refractivity contribution in [2.45, 2.75) is 37.9 Å². The van der Waals surface area contributed by atoms with E-state index in [2.05, 4.69) is 10.6 Å². The summed E-state index contributed by atoms with van der Waals surface area (Å²) in [5, 5.41) is 6.29. The van der Waals surface area contributed by atoms with Gasteiger partial charge in [0.15, 0.2) is 6.61 Å². The van der Waals surface area contributed by atoms with Gasteiger partial charge in [-0.2, -0.15) is 13.2 Å². The topological polar surface area (TPSA) is 151 Å². The number of nitrogens with zero attached hydrogens (tertiary/aromatic N) is 1. The Labute approximate surface area is 196 Å². The van der Waals surface area contributed by atoms with Crippen LogP contribution in [0, 0.1) is 0 Å². The molecule has 1 saturated heterocycles. The third-order valence-corrected chi connectivity index (χ3v) is 5.26. The third-order valence-electron chi connectivity index (χ3n) is 5.26. The average Bonchev–Trinajstić information content (AvgIpc) is 3.04. The molecule has 1 aromatic carbocycles. The minimum absolute atomic E-state index is 0.00138. The van der Waals surface area contributed by atoms with Crippen LogP contribution in [0.2, 0.25) is 0 Å². The predicted molar refractivity (Wildman–Crippen MR) is 110 cm³/mol. The summed E-state index contributed by atoms with van der Waals surface area (Å²) in [4.78, 5) is 72.7. The quantitative estimate of drug-likeness (QED) is 0.321. The number of imide groups is 2. The number of nitrogens with one attached hydrogen (secondary N) is 3. The van der Waals surface area contributed by atoms with Gasteiger partial charge in [-0.05, 0) is 31.4 Å². The lowest BCUT2D eigenvalue weighted by atomic mass is 10.0. The number of hydrogen-bond acceptors (Lipinski definition) is 7. The maximum Gasteiger partial charge on any atom is 0.471 e. The van der Waals surface area contributed by atoms with Crippen LogP contribution >= 0.6 is 0 Å². The van der Waals surface area contributed by atoms with Gasteiger partial charge in [-0.3, -0.25) is 39.0 Å². The Kier molecular flexibility index (Phi) is 7.71. The van der Waals surface area contributed by atoms with Gasteiger partial charge in [0.05, 0.1) is 11.1 Å². The van der Waals surface area contributed by atoms with E-state index in [0.29, 0.717) is 6.42 Å². The van der Waals surface area contributed by atoms with E-state index in [1.165, 1.54) is 18.2 Å². The molecule has 3 N–H and O–H groups in total. The highest BCUT2D eigenvalue weighted by Crippen LogP contribution is 2.33. The average molecular weight is 498 g/mol. The van der Waals surface area contributed by atoms with Crippen LogP contribution < -0.4 is 20.7 Å². The minimum atomic E-state index is -4.95. The number of benzene rings is 1. The van der Waals surface area contributed by atoms with Crippen molar-refractivity contribution < 1.29 is 46.7 Å². The van der Waals surface area contributed by atoms with Crippen LogP contribution in [0.25, 0.3) is 0 Å². The summed E-state index contributed by atoms with van der Waals surface area (Å²) in [7, 11) is 0. The highest BCUT2D eigenvalue weighted by molar-refractivity contribution is 6.24. The number of fused-ring (bicyclic) bond motifs is 1. The van der Waals surface area contributed by atoms with Crippen molar-refractivity contribution in [3.8, 4) is 5.75 Å². The number of carbonyl (C=O) groups is 6. The van der Waals surface area contributed by atoms with E-state index in [1.54, 1.807) is 5.32 Å². The molecule has 3 rings (SSSR count). The Hall–Kier alpha value is -3.97. The molecule has 0 aromatic heterocycles. The third kappa shape index (κ3) is 5.94. The fraction of sp³-hybridized carbons (Fsp3) is 0.429. The van der Waals surface area contributed by atoms with Crippen molar-refractivity contribution in [1.82, 2.24) is 20.9 Å². The van der Waals surface area contributed by atoms with E-state index in [4.69, 9.17) is 4.74 Å². The van der Waals surface area contributed by atoms with Crippen LogP contribution in [0.15, 0.2) is 18.2 Å². The van der Waals surface area contributed by atoms with E-state index < -0.39 is 54.3 Å². The van der Waals surface area contributed by atoms with Crippen LogP contribution in [0.3, 0.4) is 0 Å². The smallest absolute Gasteiger partial charge is 0.471 e. The SMILES string of the molecule is O=C(COc1cccc2c1C(=O)N(C1CCC(=O)NC1=O)C2=O)NCCCCNC(=O)C(F)(F)F. The lowest BCUT2D eigenvalue weighted by Gasteiger charge is -2.27. The second kappa shape index (κ2) is 10.5. The highest BCUT2D eigenvalue weighted by atomic mass is 19.4. The molecule has 1 atom stereocenters. The van der Waals surface area contributed by atoms with Crippen molar-refractivity contribution >= 4 is 35.4 Å². The van der Waals surface area contributed by atoms with Gasteiger partial charge in [0, 0.05) is 19.5 Å². The molecule has 188 valence electrons. The Bertz CT molecular complexity index is 1070. The molecule has 6 amide bonds. The summed E-state index contributed by atoms with van der Waals surface area (Å²) in [6.07, 6.45) is -4.49. The number of rotatable bonds is 9. The Morgan fingerprint density at radius 3 is 2.40 bits per heavy atom. The van der Waals surface area contributed by atoms with E-state index in [1.807, 2.05) is 0 Å². The first kappa shape index (κ1) is 25.6. The van der Waals surface area contributed by atoms with Gasteiger partial charge < -0.3 is 15.4 Å². The van der Waals surface area contributed by atoms with Crippen molar-refractivity contribution in [2.24, 2.45) is 0 Å². The van der Waals surface area contributed by atoms with Crippen LogP contribution in [0.1, 0.15) is 46.4 Å². The summed E-state index contributed by atoms with van der Waals surface area (Å²) in [6, 6.07) is 3.07. The van der Waals surface area contributed by atoms with Gasteiger partial charge in [0.1, 0.15) is 11.8 Å². The minimum Gasteiger partial charge on any atom is -0.483 e. The first-order valence-electron chi connectivity index (χ1n) is 10.6. The zero-order chi connectivity index (χ0) is 25.8. The maximum absolute atomic E-state index is 12.9. The molecule has 1 unspecified atom stereocenters. The van der Waals surface area contributed by atoms with Crippen LogP contribution in [-0.4, -0.2) is 72.3 Å². The van der Waals surface area contributed by atoms with Gasteiger partial charge in [-0.25, -0.2) is 0 Å². The van der Waals surface area contributed by atoms with E-state index in [0.717, 1.165) is 4.90 Å². The summed E-state index contributed by atoms with van der Waals surface area (Å²) in [5.74, 6) is -5.40. The lowest BCUT2D eigenvalue weighted by molar-refractivity contribution is -0.173. The lowest BCUT2D eigenvalue weighted by Crippen LogP contribution is -2.54. The Morgan fingerprint density at radius 1 is 1.06 bits per heavy atom. The molecule has 0 saturated carbocycles. The number of ether oxygens (including phenoxy) is 1. The molecule has 2 heterocycles. The summed E-state index contributed by atoms with van der Waals surface area (Å²) in [6.45, 7) is -0.612. The van der Waals surface area contributed by atoms with Gasteiger partial charge in [0.2, 0.25) is 11.8 Å². The van der Waals surface area contributed by atoms with Crippen LogP contribution in [0.4, 0.5) is 13.2 Å². The second-order valence-electron chi connectivity index (χ2n) is 7.73. The van der Waals surface area contributed by atoms with Gasteiger partial charge in [0.25, 0.3) is 17.7 Å². The predicted octanol–water partition coefficient (Wildman–Crippen LogP) is 0.0415. The van der Waals surface area contributed by atoms with E-state index in [9.17, 15) is 41.9 Å². The monoisotopic (exact) mass is 498 g/mol. The number of piperidine rings is 1. The maximum atomic E-state index is 12.9. The molecule has 0 spiro atoms. The molecule has 2 aliphatic heterocycles. The standard InChI is InChI=1S/C21H21F3N4O7/c22-21(23,24)20(34)26-9-2-1-8-25-15(30)10-35-13-5-3-4-11-16(13)19(33)28(18(11)32)12-6-7-14(29)27-17(12)31/h3-5,12H,1-2,6-10H2,(H,25,30)(H,26,34)(H,27,29,31). The highest BCUT2D eigenvalue weighted by Gasteiger charge is 2.46. The van der Waals surface area contributed by atoms with Gasteiger partial charge in [-0.15, -0.1) is 0 Å². The zero-order valence-electron chi connectivity index (χ0n) is 18.2. The molecule has 2 aliphatic rings. The Balaban J connectivity index is 1.50. The molecule has 14 heteroatoms. The Morgan fingerprint density at radius 2 is 1.74 bits per heavy atom. The number of halogens is 3. The van der Waals surface area contributed by atoms with Crippen molar-refractivity contribution in [1.29, 1.82) is 0 Å². The fourth-order valence-electron chi connectivity index (χ4n) is 3.58. The number of carbonyl (C=O) groups excluding carboxylic acids is 6. The van der Waals surface area contributed by atoms with Crippen molar-refractivity contribution in [3.63, 3.8) is 0 Å². The summed E-state index contributed by atoms with van der Waals surface area (Å²) in [5.41, 5.74) is -0.103. The number of unbranched alkanes of at least 4 members (excludes halogenated alkanes) is 1. The zero-order valence-corrected chi connectivity index (χ0v) is 18.2. The largest absolute Gasteiger partial charge is 0.483 e. The molecular formula is C21H21F3N4O7. The summed E-state index contributed by atoms with van der Waals surface area (Å²) < 4.78 is 41.6. The fourth-order valence-corrected chi connectivity index (χ4v) is 3.58. The van der Waals surface area contributed by atoms with E-state index in [-0.39, 0.29) is 49.2 Å². The molecular weight excluding hydrogens is 477 g/mol. The molecule has 11 nitrogen and oxygen atoms in total. The van der Waals surface area contributed by atoms with Gasteiger partial charge in [-0.1, -0.05) is 6.07 Å². The number of amides is 6. The molecule has 0 aliphatic carbocycles. The molecule has 0 radical (unpaired) electrons. The number of hydrogen-bond donors (Lipinski definition) is 3. The summed E-state index contributed by atoms with van der Waals surface area (Å²) >= 11 is 0. The first-order chi connectivity index (χ1) is 16.5. The first-order valence-corrected chi connectivity index (χ1v) is 10.6. The normalized spacial score (nSPS) is 17.7. The molecule has 35 heavy (non-hydrogen) atoms. The van der Waals surface area contributed by atoms with Crippen LogP contribution in [0.5, 0.6) is 5.75 Å². The van der Waals surface area contributed by atoms with Gasteiger partial charge >= 0.3 is 12.1 Å².